The van der Waals surface area contributed by atoms with E-state index in [9.17, 15) is 0 Å². The second-order valence-electron chi connectivity index (χ2n) is 3.26. The molecule has 0 aromatic carbocycles. The number of likely N-dealkylation sites (tertiary alicyclic amines) is 1. The van der Waals surface area contributed by atoms with Crippen molar-refractivity contribution in [3.05, 3.63) is 12.7 Å². The van der Waals surface area contributed by atoms with Crippen molar-refractivity contribution in [1.29, 1.82) is 0 Å². The van der Waals surface area contributed by atoms with Gasteiger partial charge in [-0.25, -0.2) is 0 Å². The van der Waals surface area contributed by atoms with Crippen LogP contribution in [0.1, 0.15) is 6.42 Å². The standard InChI is InChI=1S/C9H18N2/c1-3-5-11-6-4-9(8-11)7-10-2/h3,9-10H,1,4-8H2,2H3. The fourth-order valence-corrected chi connectivity index (χ4v) is 1.72. The van der Waals surface area contributed by atoms with E-state index in [0.717, 1.165) is 19.0 Å². The van der Waals surface area contributed by atoms with Crippen LogP contribution < -0.4 is 5.32 Å². The molecule has 0 aromatic heterocycles. The molecule has 1 atom stereocenters. The van der Waals surface area contributed by atoms with Crippen molar-refractivity contribution in [2.75, 3.05) is 33.2 Å². The van der Waals surface area contributed by atoms with E-state index in [1.807, 2.05) is 13.1 Å². The highest BCUT2D eigenvalue weighted by Crippen LogP contribution is 2.14. The normalized spacial score (nSPS) is 25.7. The highest BCUT2D eigenvalue weighted by atomic mass is 15.1. The molecule has 1 fully saturated rings. The Morgan fingerprint density at radius 3 is 3.18 bits per heavy atom. The van der Waals surface area contributed by atoms with Gasteiger partial charge in [0.2, 0.25) is 0 Å². The molecule has 1 N–H and O–H groups in total. The molecule has 64 valence electrons. The van der Waals surface area contributed by atoms with Gasteiger partial charge in [0, 0.05) is 13.1 Å². The molecule has 1 rings (SSSR count). The van der Waals surface area contributed by atoms with Crippen LogP contribution >= 0.6 is 0 Å². The third-order valence-electron chi connectivity index (χ3n) is 2.25. The van der Waals surface area contributed by atoms with E-state index in [4.69, 9.17) is 0 Å². The Balaban J connectivity index is 2.17. The Labute approximate surface area is 69.3 Å². The van der Waals surface area contributed by atoms with Gasteiger partial charge in [0.25, 0.3) is 0 Å². The van der Waals surface area contributed by atoms with E-state index in [1.165, 1.54) is 19.5 Å². The summed E-state index contributed by atoms with van der Waals surface area (Å²) in [5, 5.41) is 3.22. The highest BCUT2D eigenvalue weighted by molar-refractivity contribution is 4.81. The van der Waals surface area contributed by atoms with Crippen molar-refractivity contribution in [3.63, 3.8) is 0 Å². The van der Waals surface area contributed by atoms with Crippen LogP contribution in [-0.2, 0) is 0 Å². The zero-order chi connectivity index (χ0) is 8.10. The Bertz CT molecular complexity index is 123. The van der Waals surface area contributed by atoms with Gasteiger partial charge in [-0.1, -0.05) is 6.08 Å². The molecule has 0 bridgehead atoms. The predicted molar refractivity (Wildman–Crippen MR) is 48.7 cm³/mol. The fourth-order valence-electron chi connectivity index (χ4n) is 1.72. The fraction of sp³-hybridized carbons (Fsp3) is 0.778. The molecule has 1 aliphatic heterocycles. The van der Waals surface area contributed by atoms with Crippen LogP contribution in [0.5, 0.6) is 0 Å². The minimum absolute atomic E-state index is 0.861. The average molecular weight is 154 g/mol. The first-order valence-corrected chi connectivity index (χ1v) is 4.34. The molecule has 2 nitrogen and oxygen atoms in total. The molecule has 0 radical (unpaired) electrons. The molecule has 11 heavy (non-hydrogen) atoms. The van der Waals surface area contributed by atoms with Gasteiger partial charge in [0.1, 0.15) is 0 Å². The molecule has 0 amide bonds. The van der Waals surface area contributed by atoms with E-state index < -0.39 is 0 Å². The molecule has 1 saturated heterocycles. The van der Waals surface area contributed by atoms with Crippen molar-refractivity contribution in [2.45, 2.75) is 6.42 Å². The molecule has 0 saturated carbocycles. The number of nitrogens with one attached hydrogen (secondary N) is 1. The van der Waals surface area contributed by atoms with Gasteiger partial charge >= 0.3 is 0 Å². The molecule has 1 heterocycles. The smallest absolute Gasteiger partial charge is 0.0160 e. The van der Waals surface area contributed by atoms with Crippen LogP contribution in [0.3, 0.4) is 0 Å². The summed E-state index contributed by atoms with van der Waals surface area (Å²) in [4.78, 5) is 2.45. The lowest BCUT2D eigenvalue weighted by molar-refractivity contribution is 0.357. The van der Waals surface area contributed by atoms with E-state index in [2.05, 4.69) is 16.8 Å². The van der Waals surface area contributed by atoms with E-state index in [-0.39, 0.29) is 0 Å². The molecule has 0 spiro atoms. The first kappa shape index (κ1) is 8.75. The number of hydrogen-bond acceptors (Lipinski definition) is 2. The lowest BCUT2D eigenvalue weighted by atomic mass is 10.1. The van der Waals surface area contributed by atoms with E-state index in [1.54, 1.807) is 0 Å². The lowest BCUT2D eigenvalue weighted by Gasteiger charge is -2.12. The van der Waals surface area contributed by atoms with Crippen LogP contribution in [0.25, 0.3) is 0 Å². The van der Waals surface area contributed by atoms with Crippen LogP contribution in [0.4, 0.5) is 0 Å². The van der Waals surface area contributed by atoms with Crippen molar-refractivity contribution < 1.29 is 0 Å². The summed E-state index contributed by atoms with van der Waals surface area (Å²) in [6.07, 6.45) is 3.33. The van der Waals surface area contributed by atoms with Crippen LogP contribution in [-0.4, -0.2) is 38.1 Å². The Morgan fingerprint density at radius 1 is 1.73 bits per heavy atom. The predicted octanol–water partition coefficient (Wildman–Crippen LogP) is 0.714. The highest BCUT2D eigenvalue weighted by Gasteiger charge is 2.19. The van der Waals surface area contributed by atoms with Gasteiger partial charge in [-0.15, -0.1) is 6.58 Å². The van der Waals surface area contributed by atoms with Gasteiger partial charge < -0.3 is 5.32 Å². The summed E-state index contributed by atoms with van der Waals surface area (Å²) in [5.74, 6) is 0.861. The SMILES string of the molecule is C=CCN1CCC(CNC)C1. The monoisotopic (exact) mass is 154 g/mol. The minimum atomic E-state index is 0.861. The summed E-state index contributed by atoms with van der Waals surface area (Å²) in [7, 11) is 2.02. The Morgan fingerprint density at radius 2 is 2.55 bits per heavy atom. The Hall–Kier alpha value is -0.340. The first-order valence-electron chi connectivity index (χ1n) is 4.34. The van der Waals surface area contributed by atoms with Gasteiger partial charge in [0.15, 0.2) is 0 Å². The average Bonchev–Trinajstić information content (AvgIpc) is 2.38. The first-order chi connectivity index (χ1) is 5.36. The molecular weight excluding hydrogens is 136 g/mol. The number of hydrogen-bond donors (Lipinski definition) is 1. The van der Waals surface area contributed by atoms with Gasteiger partial charge in [-0.05, 0) is 32.5 Å². The maximum Gasteiger partial charge on any atom is 0.0160 e. The van der Waals surface area contributed by atoms with Gasteiger partial charge in [-0.3, -0.25) is 4.90 Å². The largest absolute Gasteiger partial charge is 0.319 e. The summed E-state index contributed by atoms with van der Waals surface area (Å²) < 4.78 is 0. The maximum atomic E-state index is 3.74. The third kappa shape index (κ3) is 2.64. The van der Waals surface area contributed by atoms with Crippen LogP contribution in [0.2, 0.25) is 0 Å². The zero-order valence-corrected chi connectivity index (χ0v) is 7.34. The molecule has 0 aromatic rings. The Kier molecular flexibility index (Phi) is 3.60. The van der Waals surface area contributed by atoms with Crippen LogP contribution in [0.15, 0.2) is 12.7 Å². The quantitative estimate of drug-likeness (QED) is 0.600. The molecule has 1 aliphatic rings. The van der Waals surface area contributed by atoms with E-state index in [0.29, 0.717) is 0 Å². The van der Waals surface area contributed by atoms with Crippen molar-refractivity contribution >= 4 is 0 Å². The molecular formula is C9H18N2. The second-order valence-corrected chi connectivity index (χ2v) is 3.26. The summed E-state index contributed by atoms with van der Waals surface area (Å²) >= 11 is 0. The number of rotatable bonds is 4. The summed E-state index contributed by atoms with van der Waals surface area (Å²) in [6, 6.07) is 0. The topological polar surface area (TPSA) is 15.3 Å². The van der Waals surface area contributed by atoms with Gasteiger partial charge in [0.05, 0.1) is 0 Å². The molecule has 0 aliphatic carbocycles. The van der Waals surface area contributed by atoms with Crippen molar-refractivity contribution in [1.82, 2.24) is 10.2 Å². The zero-order valence-electron chi connectivity index (χ0n) is 7.34. The summed E-state index contributed by atoms with van der Waals surface area (Å²) in [5.41, 5.74) is 0. The van der Waals surface area contributed by atoms with Crippen LogP contribution in [0, 0.1) is 5.92 Å². The lowest BCUT2D eigenvalue weighted by Crippen LogP contribution is -2.24. The number of nitrogens with zero attached hydrogens (tertiary/aromatic N) is 1. The minimum Gasteiger partial charge on any atom is -0.319 e. The van der Waals surface area contributed by atoms with E-state index >= 15 is 0 Å². The maximum absolute atomic E-state index is 3.74. The van der Waals surface area contributed by atoms with Gasteiger partial charge in [-0.2, -0.15) is 0 Å². The summed E-state index contributed by atoms with van der Waals surface area (Å²) in [6.45, 7) is 8.45. The molecule has 1 unspecified atom stereocenters. The molecule has 2 heteroatoms. The third-order valence-corrected chi connectivity index (χ3v) is 2.25. The van der Waals surface area contributed by atoms with Crippen molar-refractivity contribution in [3.8, 4) is 0 Å². The second kappa shape index (κ2) is 4.52. The van der Waals surface area contributed by atoms with Crippen molar-refractivity contribution in [2.24, 2.45) is 5.92 Å².